The van der Waals surface area contributed by atoms with E-state index >= 15 is 0 Å². The highest BCUT2D eigenvalue weighted by atomic mass is 16.5. The van der Waals surface area contributed by atoms with Crippen LogP contribution in [0.1, 0.15) is 43.1 Å². The quantitative estimate of drug-likeness (QED) is 0.499. The Hall–Kier alpha value is -3.42. The van der Waals surface area contributed by atoms with Crippen LogP contribution in [-0.4, -0.2) is 83.3 Å². The molecule has 0 N–H and O–H groups in total. The van der Waals surface area contributed by atoms with Gasteiger partial charge < -0.3 is 19.4 Å². The zero-order valence-corrected chi connectivity index (χ0v) is 20.4. The van der Waals surface area contributed by atoms with Gasteiger partial charge in [0.15, 0.2) is 0 Å². The van der Waals surface area contributed by atoms with Gasteiger partial charge in [0.05, 0.1) is 6.61 Å². The molecule has 8 heteroatoms. The number of benzene rings is 1. The van der Waals surface area contributed by atoms with E-state index in [2.05, 4.69) is 9.88 Å². The van der Waals surface area contributed by atoms with Crippen molar-refractivity contribution in [2.45, 2.75) is 38.6 Å². The Bertz CT molecular complexity index is 1180. The van der Waals surface area contributed by atoms with Crippen LogP contribution in [0.5, 0.6) is 0 Å². The summed E-state index contributed by atoms with van der Waals surface area (Å²) in [5.41, 5.74) is 1.46. The molecule has 35 heavy (non-hydrogen) atoms. The number of fused-ring (bicyclic) bond motifs is 2. The first-order valence-electron chi connectivity index (χ1n) is 12.6. The number of carbonyl (C=O) groups is 3. The molecule has 2 aromatic rings. The highest BCUT2D eigenvalue weighted by molar-refractivity contribution is 6.17. The minimum atomic E-state index is -0.540. The summed E-state index contributed by atoms with van der Waals surface area (Å²) >= 11 is 0. The van der Waals surface area contributed by atoms with Crippen LogP contribution in [0.2, 0.25) is 0 Å². The predicted octanol–water partition coefficient (Wildman–Crippen LogP) is 2.84. The summed E-state index contributed by atoms with van der Waals surface area (Å²) in [4.78, 5) is 49.7. The van der Waals surface area contributed by atoms with Gasteiger partial charge in [0.25, 0.3) is 11.8 Å². The van der Waals surface area contributed by atoms with Gasteiger partial charge in [0.1, 0.15) is 11.3 Å². The number of pyridine rings is 1. The van der Waals surface area contributed by atoms with E-state index in [0.717, 1.165) is 42.2 Å². The fourth-order valence-electron chi connectivity index (χ4n) is 5.89. The molecule has 5 rings (SSSR count). The van der Waals surface area contributed by atoms with Crippen LogP contribution < -0.4 is 0 Å². The number of likely N-dealkylation sites (N-methyl/N-ethyl adjacent to an activating group) is 1. The number of esters is 1. The monoisotopic (exact) mass is 476 g/mol. The van der Waals surface area contributed by atoms with Gasteiger partial charge in [0.2, 0.25) is 0 Å². The lowest BCUT2D eigenvalue weighted by molar-refractivity contribution is -0.144. The van der Waals surface area contributed by atoms with Crippen LogP contribution in [-0.2, 0) is 14.3 Å². The third-order valence-electron chi connectivity index (χ3n) is 7.63. The molecular formula is C27H32N4O4. The molecule has 0 radical (unpaired) electrons. The van der Waals surface area contributed by atoms with Crippen LogP contribution in [0, 0.1) is 5.92 Å². The number of amides is 2. The zero-order valence-electron chi connectivity index (χ0n) is 20.4. The third-order valence-corrected chi connectivity index (χ3v) is 7.63. The van der Waals surface area contributed by atoms with Crippen molar-refractivity contribution in [1.82, 2.24) is 19.7 Å². The van der Waals surface area contributed by atoms with E-state index in [4.69, 9.17) is 4.74 Å². The molecule has 1 saturated carbocycles. The second-order valence-electron chi connectivity index (χ2n) is 9.52. The zero-order chi connectivity index (χ0) is 24.5. The van der Waals surface area contributed by atoms with E-state index in [0.29, 0.717) is 31.9 Å². The van der Waals surface area contributed by atoms with E-state index in [-0.39, 0.29) is 36.0 Å². The third kappa shape index (κ3) is 4.15. The summed E-state index contributed by atoms with van der Waals surface area (Å²) in [6, 6.07) is 9.78. The van der Waals surface area contributed by atoms with Crippen molar-refractivity contribution in [3.8, 4) is 0 Å². The molecule has 3 aliphatic rings. The number of carbonyl (C=O) groups excluding carboxylic acids is 3. The van der Waals surface area contributed by atoms with Crippen molar-refractivity contribution in [3.05, 3.63) is 53.5 Å². The Morgan fingerprint density at radius 3 is 2.57 bits per heavy atom. The largest absolute Gasteiger partial charge is 0.462 e. The summed E-state index contributed by atoms with van der Waals surface area (Å²) < 4.78 is 5.32. The Balaban J connectivity index is 1.41. The van der Waals surface area contributed by atoms with Gasteiger partial charge in [-0.1, -0.05) is 37.1 Å². The molecule has 1 aromatic carbocycles. The van der Waals surface area contributed by atoms with E-state index in [1.165, 1.54) is 0 Å². The second-order valence-corrected chi connectivity index (χ2v) is 9.52. The number of hydrogen-bond donors (Lipinski definition) is 0. The molecule has 2 atom stereocenters. The topological polar surface area (TPSA) is 83.1 Å². The first-order valence-corrected chi connectivity index (χ1v) is 12.6. The van der Waals surface area contributed by atoms with Crippen LogP contribution >= 0.6 is 0 Å². The van der Waals surface area contributed by atoms with Crippen LogP contribution in [0.3, 0.4) is 0 Å². The van der Waals surface area contributed by atoms with Crippen molar-refractivity contribution in [3.63, 3.8) is 0 Å². The lowest BCUT2D eigenvalue weighted by Crippen LogP contribution is -2.56. The molecule has 2 unspecified atom stereocenters. The lowest BCUT2D eigenvalue weighted by atomic mass is 9.76. The van der Waals surface area contributed by atoms with Crippen molar-refractivity contribution in [2.24, 2.45) is 5.92 Å². The Morgan fingerprint density at radius 1 is 1.06 bits per heavy atom. The number of hydrogen-bond acceptors (Lipinski definition) is 6. The maximum Gasteiger partial charge on any atom is 0.345 e. The number of aromatic nitrogens is 1. The first-order chi connectivity index (χ1) is 17.0. The smallest absolute Gasteiger partial charge is 0.345 e. The van der Waals surface area contributed by atoms with Gasteiger partial charge in [0, 0.05) is 62.5 Å². The minimum absolute atomic E-state index is 0.0870. The Labute approximate surface area is 205 Å². The standard InChI is InChI=1S/C27H32N4O4/c1-3-35-27(34)22-24(20-10-6-7-11-21(20)29(2)25(22)32)30-14-16-31(17-15-30)26(33)23-19-9-5-4-8-18(19)12-13-28-23/h4-5,8-9,12-13,20-21H,3,6-7,10-11,14-17H2,1-2H3. The van der Waals surface area contributed by atoms with Crippen LogP contribution in [0.4, 0.5) is 0 Å². The summed E-state index contributed by atoms with van der Waals surface area (Å²) in [6.45, 7) is 4.12. The first kappa shape index (κ1) is 23.3. The van der Waals surface area contributed by atoms with Gasteiger partial charge in [-0.25, -0.2) is 4.79 Å². The van der Waals surface area contributed by atoms with Crippen LogP contribution in [0.15, 0.2) is 47.8 Å². The Morgan fingerprint density at radius 2 is 1.80 bits per heavy atom. The molecule has 1 saturated heterocycles. The number of piperazine rings is 1. The van der Waals surface area contributed by atoms with Gasteiger partial charge in [-0.05, 0) is 31.2 Å². The molecule has 1 aliphatic carbocycles. The molecule has 2 fully saturated rings. The normalized spacial score (nSPS) is 22.9. The van der Waals surface area contributed by atoms with E-state index in [9.17, 15) is 14.4 Å². The highest BCUT2D eigenvalue weighted by Gasteiger charge is 2.46. The molecule has 3 heterocycles. The average molecular weight is 477 g/mol. The van der Waals surface area contributed by atoms with Gasteiger partial charge in [-0.2, -0.15) is 0 Å². The molecule has 1 aromatic heterocycles. The fraction of sp³-hybridized carbons (Fsp3) is 0.481. The molecule has 184 valence electrons. The summed E-state index contributed by atoms with van der Waals surface area (Å²) in [7, 11) is 1.80. The molecule has 8 nitrogen and oxygen atoms in total. The van der Waals surface area contributed by atoms with E-state index in [1.807, 2.05) is 35.2 Å². The molecule has 0 spiro atoms. The lowest BCUT2D eigenvalue weighted by Gasteiger charge is -2.48. The molecule has 2 aliphatic heterocycles. The van der Waals surface area contributed by atoms with E-state index < -0.39 is 5.97 Å². The highest BCUT2D eigenvalue weighted by Crippen LogP contribution is 2.41. The van der Waals surface area contributed by atoms with Crippen LogP contribution in [0.25, 0.3) is 10.8 Å². The number of nitrogens with zero attached hydrogens (tertiary/aromatic N) is 4. The molecule has 2 amide bonds. The summed E-state index contributed by atoms with van der Waals surface area (Å²) in [5.74, 6) is -0.759. The van der Waals surface area contributed by atoms with Crippen molar-refractivity contribution in [1.29, 1.82) is 0 Å². The maximum atomic E-state index is 13.4. The molecule has 0 bridgehead atoms. The second kappa shape index (κ2) is 9.68. The average Bonchev–Trinajstić information content (AvgIpc) is 2.90. The van der Waals surface area contributed by atoms with Crippen molar-refractivity contribution >= 4 is 28.6 Å². The predicted molar refractivity (Wildman–Crippen MR) is 131 cm³/mol. The van der Waals surface area contributed by atoms with Gasteiger partial charge in [-0.3, -0.25) is 14.6 Å². The van der Waals surface area contributed by atoms with Crippen molar-refractivity contribution < 1.29 is 19.1 Å². The van der Waals surface area contributed by atoms with Gasteiger partial charge in [-0.15, -0.1) is 0 Å². The van der Waals surface area contributed by atoms with Gasteiger partial charge >= 0.3 is 5.97 Å². The van der Waals surface area contributed by atoms with Crippen molar-refractivity contribution in [2.75, 3.05) is 39.8 Å². The SMILES string of the molecule is CCOC(=O)C1=C(N2CCN(C(=O)c3nccc4ccccc34)CC2)C2CCCCC2N(C)C1=O. The summed E-state index contributed by atoms with van der Waals surface area (Å²) in [5, 5.41) is 1.84. The number of rotatable bonds is 4. The summed E-state index contributed by atoms with van der Waals surface area (Å²) in [6.07, 6.45) is 5.72. The minimum Gasteiger partial charge on any atom is -0.462 e. The fourth-order valence-corrected chi connectivity index (χ4v) is 5.89. The Kier molecular flexibility index (Phi) is 6.45. The maximum absolute atomic E-state index is 13.4. The van der Waals surface area contributed by atoms with E-state index in [1.54, 1.807) is 25.1 Å². The number of ether oxygens (including phenoxy) is 1. The molecular weight excluding hydrogens is 444 g/mol.